The van der Waals surface area contributed by atoms with Gasteiger partial charge < -0.3 is 14.8 Å². The number of hydrogen-bond acceptors (Lipinski definition) is 6. The van der Waals surface area contributed by atoms with Gasteiger partial charge in [0.25, 0.3) is 5.91 Å². The molecule has 0 atom stereocenters. The Morgan fingerprint density at radius 2 is 2.29 bits per heavy atom. The zero-order valence-corrected chi connectivity index (χ0v) is 12.9. The number of aryl methyl sites for hydroxylation is 1. The Morgan fingerprint density at radius 1 is 1.43 bits per heavy atom. The van der Waals surface area contributed by atoms with E-state index in [1.165, 1.54) is 11.3 Å². The number of ether oxygens (including phenoxy) is 2. The summed E-state index contributed by atoms with van der Waals surface area (Å²) >= 11 is 1.42. The third-order valence-electron chi connectivity index (χ3n) is 2.65. The Labute approximate surface area is 126 Å². The summed E-state index contributed by atoms with van der Waals surface area (Å²) in [5, 5.41) is 9.37. The van der Waals surface area contributed by atoms with Crippen LogP contribution in [0.15, 0.2) is 17.8 Å². The van der Waals surface area contributed by atoms with Gasteiger partial charge in [0.2, 0.25) is 0 Å². The van der Waals surface area contributed by atoms with E-state index in [-0.39, 0.29) is 5.91 Å². The first-order valence-electron chi connectivity index (χ1n) is 6.50. The standard InChI is InChI=1S/C13H18N4O3S/c1-17-8-10(7-15-17)13-16-11(9-21-13)12(18)14-3-4-20-6-5-19-2/h7-9H,3-6H2,1-2H3,(H,14,18). The SMILES string of the molecule is COCCOCCNC(=O)c1csc(-c2cnn(C)c2)n1. The molecule has 0 spiro atoms. The van der Waals surface area contributed by atoms with Crippen LogP contribution < -0.4 is 5.32 Å². The Kier molecular flexibility index (Phi) is 5.85. The first kappa shape index (κ1) is 15.6. The van der Waals surface area contributed by atoms with E-state index in [0.29, 0.717) is 32.1 Å². The molecule has 8 heteroatoms. The van der Waals surface area contributed by atoms with Crippen molar-refractivity contribution in [3.8, 4) is 10.6 Å². The van der Waals surface area contributed by atoms with Gasteiger partial charge in [0.15, 0.2) is 0 Å². The molecule has 1 amide bonds. The van der Waals surface area contributed by atoms with Crippen LogP contribution in [0.25, 0.3) is 10.6 Å². The van der Waals surface area contributed by atoms with Crippen molar-refractivity contribution in [2.24, 2.45) is 7.05 Å². The average Bonchev–Trinajstić information content (AvgIpc) is 3.11. The highest BCUT2D eigenvalue weighted by atomic mass is 32.1. The largest absolute Gasteiger partial charge is 0.382 e. The zero-order valence-electron chi connectivity index (χ0n) is 12.0. The topological polar surface area (TPSA) is 78.3 Å². The summed E-state index contributed by atoms with van der Waals surface area (Å²) in [5.41, 5.74) is 1.32. The molecule has 7 nitrogen and oxygen atoms in total. The van der Waals surface area contributed by atoms with Gasteiger partial charge in [0.1, 0.15) is 10.7 Å². The van der Waals surface area contributed by atoms with Crippen LogP contribution in [0, 0.1) is 0 Å². The summed E-state index contributed by atoms with van der Waals surface area (Å²) in [4.78, 5) is 16.2. The van der Waals surface area contributed by atoms with Crippen molar-refractivity contribution < 1.29 is 14.3 Å². The predicted octanol–water partition coefficient (Wildman–Crippen LogP) is 0.936. The summed E-state index contributed by atoms with van der Waals surface area (Å²) in [7, 11) is 3.46. The number of nitrogens with zero attached hydrogens (tertiary/aromatic N) is 3. The number of rotatable bonds is 8. The predicted molar refractivity (Wildman–Crippen MR) is 79.3 cm³/mol. The van der Waals surface area contributed by atoms with Gasteiger partial charge in [-0.3, -0.25) is 9.48 Å². The number of methoxy groups -OCH3 is 1. The molecule has 2 heterocycles. The maximum atomic E-state index is 11.9. The number of amides is 1. The van der Waals surface area contributed by atoms with Crippen LogP contribution in [0.5, 0.6) is 0 Å². The lowest BCUT2D eigenvalue weighted by Crippen LogP contribution is -2.27. The molecule has 114 valence electrons. The van der Waals surface area contributed by atoms with E-state index < -0.39 is 0 Å². The Bertz CT molecular complexity index is 581. The Balaban J connectivity index is 1.79. The second-order valence-corrected chi connectivity index (χ2v) is 5.16. The minimum absolute atomic E-state index is 0.197. The second kappa shape index (κ2) is 7.87. The normalized spacial score (nSPS) is 10.8. The van der Waals surface area contributed by atoms with Gasteiger partial charge in [-0.15, -0.1) is 11.3 Å². The zero-order chi connectivity index (χ0) is 15.1. The molecule has 0 bridgehead atoms. The van der Waals surface area contributed by atoms with E-state index in [1.807, 2.05) is 13.2 Å². The van der Waals surface area contributed by atoms with Gasteiger partial charge >= 0.3 is 0 Å². The van der Waals surface area contributed by atoms with Crippen LogP contribution in [-0.4, -0.2) is 54.1 Å². The van der Waals surface area contributed by atoms with Crippen LogP contribution in [0.1, 0.15) is 10.5 Å². The molecule has 2 rings (SSSR count). The molecule has 2 aromatic rings. The van der Waals surface area contributed by atoms with E-state index in [0.717, 1.165) is 10.6 Å². The minimum Gasteiger partial charge on any atom is -0.382 e. The van der Waals surface area contributed by atoms with Crippen molar-refractivity contribution in [1.82, 2.24) is 20.1 Å². The molecular formula is C13H18N4O3S. The molecule has 0 aliphatic rings. The molecule has 1 N–H and O–H groups in total. The molecule has 0 saturated carbocycles. The van der Waals surface area contributed by atoms with Gasteiger partial charge in [0.05, 0.1) is 26.0 Å². The molecule has 21 heavy (non-hydrogen) atoms. The fourth-order valence-electron chi connectivity index (χ4n) is 1.61. The summed E-state index contributed by atoms with van der Waals surface area (Å²) in [6.45, 7) is 1.97. The first-order valence-corrected chi connectivity index (χ1v) is 7.38. The van der Waals surface area contributed by atoms with Gasteiger partial charge in [-0.1, -0.05) is 0 Å². The van der Waals surface area contributed by atoms with Gasteiger partial charge in [-0.05, 0) is 0 Å². The second-order valence-electron chi connectivity index (χ2n) is 4.30. The van der Waals surface area contributed by atoms with E-state index in [9.17, 15) is 4.79 Å². The minimum atomic E-state index is -0.197. The van der Waals surface area contributed by atoms with Crippen LogP contribution in [0.2, 0.25) is 0 Å². The molecule has 0 aromatic carbocycles. The lowest BCUT2D eigenvalue weighted by molar-refractivity contribution is 0.0692. The molecule has 2 aromatic heterocycles. The number of hydrogen-bond donors (Lipinski definition) is 1. The fourth-order valence-corrected chi connectivity index (χ4v) is 2.39. The maximum Gasteiger partial charge on any atom is 0.270 e. The molecular weight excluding hydrogens is 292 g/mol. The van der Waals surface area contributed by atoms with Crippen molar-refractivity contribution in [1.29, 1.82) is 0 Å². The molecule has 0 saturated heterocycles. The van der Waals surface area contributed by atoms with Crippen molar-refractivity contribution in [3.63, 3.8) is 0 Å². The number of thiazole rings is 1. The highest BCUT2D eigenvalue weighted by Crippen LogP contribution is 2.22. The summed E-state index contributed by atoms with van der Waals surface area (Å²) in [6, 6.07) is 0. The average molecular weight is 310 g/mol. The van der Waals surface area contributed by atoms with E-state index in [4.69, 9.17) is 9.47 Å². The van der Waals surface area contributed by atoms with Crippen molar-refractivity contribution >= 4 is 17.2 Å². The van der Waals surface area contributed by atoms with Gasteiger partial charge in [0, 0.05) is 37.8 Å². The fraction of sp³-hybridized carbons (Fsp3) is 0.462. The molecule has 0 aliphatic carbocycles. The number of carbonyl (C=O) groups is 1. The van der Waals surface area contributed by atoms with Crippen LogP contribution in [-0.2, 0) is 16.5 Å². The molecule has 0 radical (unpaired) electrons. The lowest BCUT2D eigenvalue weighted by atomic mass is 10.4. The van der Waals surface area contributed by atoms with Crippen LogP contribution in [0.3, 0.4) is 0 Å². The molecule has 0 aliphatic heterocycles. The third kappa shape index (κ3) is 4.62. The molecule has 0 unspecified atom stereocenters. The van der Waals surface area contributed by atoms with Crippen molar-refractivity contribution in [3.05, 3.63) is 23.5 Å². The molecule has 0 fully saturated rings. The van der Waals surface area contributed by atoms with E-state index in [1.54, 1.807) is 23.4 Å². The van der Waals surface area contributed by atoms with Gasteiger partial charge in [-0.2, -0.15) is 5.10 Å². The smallest absolute Gasteiger partial charge is 0.270 e. The lowest BCUT2D eigenvalue weighted by Gasteiger charge is -2.04. The van der Waals surface area contributed by atoms with Crippen LogP contribution in [0.4, 0.5) is 0 Å². The summed E-state index contributed by atoms with van der Waals surface area (Å²) < 4.78 is 11.8. The summed E-state index contributed by atoms with van der Waals surface area (Å²) in [5.74, 6) is -0.197. The van der Waals surface area contributed by atoms with Crippen LogP contribution >= 0.6 is 11.3 Å². The van der Waals surface area contributed by atoms with E-state index >= 15 is 0 Å². The first-order chi connectivity index (χ1) is 10.2. The van der Waals surface area contributed by atoms with Crippen molar-refractivity contribution in [2.75, 3.05) is 33.5 Å². The van der Waals surface area contributed by atoms with Gasteiger partial charge in [-0.25, -0.2) is 4.98 Å². The maximum absolute atomic E-state index is 11.9. The quantitative estimate of drug-likeness (QED) is 0.734. The Morgan fingerprint density at radius 3 is 3.00 bits per heavy atom. The summed E-state index contributed by atoms with van der Waals surface area (Å²) in [6.07, 6.45) is 3.59. The highest BCUT2D eigenvalue weighted by molar-refractivity contribution is 7.13. The monoisotopic (exact) mass is 310 g/mol. The number of aromatic nitrogens is 3. The highest BCUT2D eigenvalue weighted by Gasteiger charge is 2.12. The number of carbonyl (C=O) groups excluding carboxylic acids is 1. The number of nitrogens with one attached hydrogen (secondary N) is 1. The third-order valence-corrected chi connectivity index (χ3v) is 3.54. The Hall–Kier alpha value is -1.77. The van der Waals surface area contributed by atoms with Crippen molar-refractivity contribution in [2.45, 2.75) is 0 Å². The van der Waals surface area contributed by atoms with E-state index in [2.05, 4.69) is 15.4 Å².